The molecular formula is C23H25N3O2. The SMILES string of the molecule is Cc1cccc(CNC(=O)c2ccc(Nc3ccc(OC(C)C)cc3)cn2)c1. The molecule has 0 radical (unpaired) electrons. The second kappa shape index (κ2) is 9.04. The Kier molecular flexibility index (Phi) is 6.27. The Bertz CT molecular complexity index is 919. The number of hydrogen-bond donors (Lipinski definition) is 2. The first-order chi connectivity index (χ1) is 13.5. The molecule has 144 valence electrons. The molecule has 0 fully saturated rings. The number of aromatic nitrogens is 1. The van der Waals surface area contributed by atoms with Crippen molar-refractivity contribution in [2.24, 2.45) is 0 Å². The molecule has 3 rings (SSSR count). The van der Waals surface area contributed by atoms with Crippen molar-refractivity contribution < 1.29 is 9.53 Å². The number of carbonyl (C=O) groups is 1. The summed E-state index contributed by atoms with van der Waals surface area (Å²) in [5, 5.41) is 6.16. The highest BCUT2D eigenvalue weighted by Crippen LogP contribution is 2.20. The van der Waals surface area contributed by atoms with Crippen molar-refractivity contribution >= 4 is 17.3 Å². The van der Waals surface area contributed by atoms with Crippen LogP contribution >= 0.6 is 0 Å². The zero-order valence-electron chi connectivity index (χ0n) is 16.4. The number of anilines is 2. The summed E-state index contributed by atoms with van der Waals surface area (Å²) in [4.78, 5) is 16.6. The summed E-state index contributed by atoms with van der Waals surface area (Å²) in [6, 6.07) is 19.3. The fourth-order valence-corrected chi connectivity index (χ4v) is 2.75. The maximum atomic E-state index is 12.3. The number of ether oxygens (including phenoxy) is 1. The molecule has 1 aromatic heterocycles. The Hall–Kier alpha value is -3.34. The van der Waals surface area contributed by atoms with Crippen LogP contribution in [0.4, 0.5) is 11.4 Å². The monoisotopic (exact) mass is 375 g/mol. The lowest BCUT2D eigenvalue weighted by atomic mass is 10.1. The van der Waals surface area contributed by atoms with Crippen LogP contribution in [0.3, 0.4) is 0 Å². The molecular weight excluding hydrogens is 350 g/mol. The van der Waals surface area contributed by atoms with Gasteiger partial charge in [0, 0.05) is 12.2 Å². The quantitative estimate of drug-likeness (QED) is 0.620. The fourth-order valence-electron chi connectivity index (χ4n) is 2.75. The molecule has 0 saturated heterocycles. The summed E-state index contributed by atoms with van der Waals surface area (Å²) in [6.45, 7) is 6.50. The molecule has 0 aliphatic carbocycles. The van der Waals surface area contributed by atoms with Gasteiger partial charge in [-0.25, -0.2) is 4.98 Å². The first kappa shape index (κ1) is 19.4. The third-order valence-electron chi connectivity index (χ3n) is 4.05. The first-order valence-electron chi connectivity index (χ1n) is 9.33. The van der Waals surface area contributed by atoms with Crippen LogP contribution in [0.15, 0.2) is 66.9 Å². The lowest BCUT2D eigenvalue weighted by Gasteiger charge is -2.11. The lowest BCUT2D eigenvalue weighted by molar-refractivity contribution is 0.0946. The molecule has 0 saturated carbocycles. The van der Waals surface area contributed by atoms with Crippen LogP contribution in [0.1, 0.15) is 35.5 Å². The van der Waals surface area contributed by atoms with Gasteiger partial charge >= 0.3 is 0 Å². The maximum Gasteiger partial charge on any atom is 0.270 e. The molecule has 0 spiro atoms. The second-order valence-corrected chi connectivity index (χ2v) is 6.92. The molecule has 3 aromatic rings. The lowest BCUT2D eigenvalue weighted by Crippen LogP contribution is -2.23. The Morgan fingerprint density at radius 3 is 2.43 bits per heavy atom. The minimum Gasteiger partial charge on any atom is -0.491 e. The Balaban J connectivity index is 1.56. The largest absolute Gasteiger partial charge is 0.491 e. The zero-order valence-corrected chi connectivity index (χ0v) is 16.4. The van der Waals surface area contributed by atoms with Gasteiger partial charge in [-0.05, 0) is 62.7 Å². The third-order valence-corrected chi connectivity index (χ3v) is 4.05. The standard InChI is InChI=1S/C23H25N3O2/c1-16(2)28-21-10-7-19(8-11-21)26-20-9-12-22(24-15-20)23(27)25-14-18-6-4-5-17(3)13-18/h4-13,15-16,26H,14H2,1-3H3,(H,25,27). The number of hydrogen-bond acceptors (Lipinski definition) is 4. The Labute approximate surface area is 165 Å². The smallest absolute Gasteiger partial charge is 0.270 e. The highest BCUT2D eigenvalue weighted by atomic mass is 16.5. The second-order valence-electron chi connectivity index (χ2n) is 6.92. The molecule has 0 bridgehead atoms. The maximum absolute atomic E-state index is 12.3. The van der Waals surface area contributed by atoms with Crippen molar-refractivity contribution in [2.75, 3.05) is 5.32 Å². The molecule has 0 aliphatic heterocycles. The number of rotatable bonds is 7. The number of benzene rings is 2. The molecule has 28 heavy (non-hydrogen) atoms. The minimum absolute atomic E-state index is 0.146. The van der Waals surface area contributed by atoms with Crippen molar-refractivity contribution in [3.05, 3.63) is 83.7 Å². The van der Waals surface area contributed by atoms with Gasteiger partial charge in [-0.3, -0.25) is 4.79 Å². The third kappa shape index (κ3) is 5.58. The van der Waals surface area contributed by atoms with Crippen molar-refractivity contribution in [1.82, 2.24) is 10.3 Å². The van der Waals surface area contributed by atoms with Gasteiger partial charge in [0.05, 0.1) is 18.0 Å². The van der Waals surface area contributed by atoms with E-state index in [0.717, 1.165) is 22.7 Å². The zero-order chi connectivity index (χ0) is 19.9. The Morgan fingerprint density at radius 1 is 1.04 bits per heavy atom. The summed E-state index contributed by atoms with van der Waals surface area (Å²) in [5.41, 5.74) is 4.36. The van der Waals surface area contributed by atoms with Crippen molar-refractivity contribution in [1.29, 1.82) is 0 Å². The number of pyridine rings is 1. The van der Waals surface area contributed by atoms with E-state index in [4.69, 9.17) is 4.74 Å². The summed E-state index contributed by atoms with van der Waals surface area (Å²) >= 11 is 0. The van der Waals surface area contributed by atoms with Crippen molar-refractivity contribution in [2.45, 2.75) is 33.4 Å². The van der Waals surface area contributed by atoms with Gasteiger partial charge in [0.1, 0.15) is 11.4 Å². The van der Waals surface area contributed by atoms with E-state index in [1.807, 2.05) is 69.3 Å². The van der Waals surface area contributed by atoms with Gasteiger partial charge in [0.2, 0.25) is 0 Å². The van der Waals surface area contributed by atoms with E-state index in [-0.39, 0.29) is 12.0 Å². The van der Waals surface area contributed by atoms with E-state index < -0.39 is 0 Å². The minimum atomic E-state index is -0.191. The highest BCUT2D eigenvalue weighted by Gasteiger charge is 2.07. The molecule has 2 aromatic carbocycles. The van der Waals surface area contributed by atoms with E-state index >= 15 is 0 Å². The van der Waals surface area contributed by atoms with Crippen molar-refractivity contribution in [3.63, 3.8) is 0 Å². The van der Waals surface area contributed by atoms with E-state index in [9.17, 15) is 4.79 Å². The number of aryl methyl sites for hydroxylation is 1. The summed E-state index contributed by atoms with van der Waals surface area (Å²) in [6.07, 6.45) is 1.80. The highest BCUT2D eigenvalue weighted by molar-refractivity contribution is 5.92. The number of amides is 1. The number of nitrogens with one attached hydrogen (secondary N) is 2. The summed E-state index contributed by atoms with van der Waals surface area (Å²) in [5.74, 6) is 0.641. The Morgan fingerprint density at radius 2 is 1.79 bits per heavy atom. The summed E-state index contributed by atoms with van der Waals surface area (Å²) < 4.78 is 5.64. The van der Waals surface area contributed by atoms with E-state index in [2.05, 4.69) is 21.7 Å². The summed E-state index contributed by atoms with van der Waals surface area (Å²) in [7, 11) is 0. The van der Waals surface area contributed by atoms with Crippen LogP contribution in [0.25, 0.3) is 0 Å². The van der Waals surface area contributed by atoms with Gasteiger partial charge in [-0.15, -0.1) is 0 Å². The predicted molar refractivity (Wildman–Crippen MR) is 112 cm³/mol. The van der Waals surface area contributed by atoms with Crippen LogP contribution in [-0.2, 0) is 6.54 Å². The molecule has 5 heteroatoms. The first-order valence-corrected chi connectivity index (χ1v) is 9.33. The normalized spacial score (nSPS) is 10.6. The molecule has 5 nitrogen and oxygen atoms in total. The molecule has 1 amide bonds. The predicted octanol–water partition coefficient (Wildman–Crippen LogP) is 4.85. The van der Waals surface area contributed by atoms with Gasteiger partial charge in [-0.1, -0.05) is 29.8 Å². The molecule has 0 unspecified atom stereocenters. The fraction of sp³-hybridized carbons (Fsp3) is 0.217. The van der Waals surface area contributed by atoms with Crippen LogP contribution < -0.4 is 15.4 Å². The molecule has 1 heterocycles. The van der Waals surface area contributed by atoms with E-state index in [1.54, 1.807) is 12.3 Å². The van der Waals surface area contributed by atoms with Gasteiger partial charge in [0.25, 0.3) is 5.91 Å². The van der Waals surface area contributed by atoms with Crippen LogP contribution in [0.5, 0.6) is 5.75 Å². The van der Waals surface area contributed by atoms with Gasteiger partial charge in [-0.2, -0.15) is 0 Å². The average molecular weight is 375 g/mol. The van der Waals surface area contributed by atoms with Crippen LogP contribution in [0, 0.1) is 6.92 Å². The number of carbonyl (C=O) groups excluding carboxylic acids is 1. The topological polar surface area (TPSA) is 63.2 Å². The van der Waals surface area contributed by atoms with E-state index in [0.29, 0.717) is 12.2 Å². The molecule has 0 atom stereocenters. The van der Waals surface area contributed by atoms with Crippen LogP contribution in [-0.4, -0.2) is 17.0 Å². The van der Waals surface area contributed by atoms with Gasteiger partial charge in [0.15, 0.2) is 0 Å². The molecule has 2 N–H and O–H groups in total. The molecule has 0 aliphatic rings. The van der Waals surface area contributed by atoms with Crippen molar-refractivity contribution in [3.8, 4) is 5.75 Å². The average Bonchev–Trinajstić information content (AvgIpc) is 2.68. The van der Waals surface area contributed by atoms with E-state index in [1.165, 1.54) is 5.56 Å². The van der Waals surface area contributed by atoms with Crippen LogP contribution in [0.2, 0.25) is 0 Å². The van der Waals surface area contributed by atoms with Gasteiger partial charge < -0.3 is 15.4 Å². The number of nitrogens with zero attached hydrogens (tertiary/aromatic N) is 1.